The third-order valence-electron chi connectivity index (χ3n) is 8.39. The number of carbonyl (C=O) groups is 2. The van der Waals surface area contributed by atoms with Crippen LogP contribution in [0.3, 0.4) is 0 Å². The van der Waals surface area contributed by atoms with Crippen molar-refractivity contribution in [1.82, 2.24) is 4.72 Å². The molecule has 3 aromatic carbocycles. The van der Waals surface area contributed by atoms with Crippen LogP contribution in [0.25, 0.3) is 0 Å². The Bertz CT molecular complexity index is 1700. The van der Waals surface area contributed by atoms with Crippen LogP contribution in [0, 0.1) is 12.8 Å². The molecule has 0 saturated carbocycles. The van der Waals surface area contributed by atoms with E-state index in [1.165, 1.54) is 12.1 Å². The molecule has 3 aliphatic heterocycles. The van der Waals surface area contributed by atoms with Crippen molar-refractivity contribution in [2.24, 2.45) is 5.92 Å². The standard InChI is InChI=1S/C32H34N2O7S/c1-18-15-23-26(41-32(4,5)30(36)33-23)17-27(18)42(37,38)34-29(35)20-11-13-25-21(16-20)28-22(31(2,3)40-25)12-14-24(39-28)19-9-7-6-8-10-19/h6-11,13,15-17,22,24,28H,12,14H2,1-5H3,(H,33,36)(H,34,35)/t22-,24+,28+/m1/s1. The number of aryl methyl sites for hydroxylation is 1. The number of hydrogen-bond donors (Lipinski definition) is 2. The second-order valence-corrected chi connectivity index (χ2v) is 13.9. The highest BCUT2D eigenvalue weighted by Crippen LogP contribution is 2.53. The van der Waals surface area contributed by atoms with Crippen molar-refractivity contribution < 1.29 is 32.2 Å². The molecule has 0 radical (unpaired) electrons. The Morgan fingerprint density at radius 2 is 1.69 bits per heavy atom. The van der Waals surface area contributed by atoms with Gasteiger partial charge in [0.05, 0.1) is 22.8 Å². The van der Waals surface area contributed by atoms with E-state index in [-0.39, 0.29) is 40.2 Å². The SMILES string of the molecule is Cc1cc2c(cc1S(=O)(=O)NC(=O)c1ccc3c(c1)[C@@H]1O[C@H](c4ccccc4)CC[C@H]1C(C)(C)O3)OC(C)(C)C(=O)N2. The fourth-order valence-corrected chi connectivity index (χ4v) is 7.29. The number of benzene rings is 3. The lowest BCUT2D eigenvalue weighted by Gasteiger charge is -2.48. The van der Waals surface area contributed by atoms with Gasteiger partial charge in [0.15, 0.2) is 5.60 Å². The summed E-state index contributed by atoms with van der Waals surface area (Å²) < 4.78 is 47.8. The lowest BCUT2D eigenvalue weighted by molar-refractivity contribution is -0.151. The fraction of sp³-hybridized carbons (Fsp3) is 0.375. The molecule has 0 aromatic heterocycles. The Labute approximate surface area is 245 Å². The summed E-state index contributed by atoms with van der Waals surface area (Å²) in [5.41, 5.74) is 1.05. The van der Waals surface area contributed by atoms with Gasteiger partial charge in [0.2, 0.25) is 0 Å². The molecule has 42 heavy (non-hydrogen) atoms. The van der Waals surface area contributed by atoms with E-state index >= 15 is 0 Å². The monoisotopic (exact) mass is 590 g/mol. The van der Waals surface area contributed by atoms with Gasteiger partial charge in [-0.2, -0.15) is 0 Å². The molecular formula is C32H34N2O7S. The Balaban J connectivity index is 1.29. The molecule has 220 valence electrons. The summed E-state index contributed by atoms with van der Waals surface area (Å²) in [4.78, 5) is 25.5. The van der Waals surface area contributed by atoms with Crippen LogP contribution in [0.5, 0.6) is 11.5 Å². The minimum atomic E-state index is -4.29. The van der Waals surface area contributed by atoms with E-state index in [2.05, 4.69) is 10.0 Å². The Morgan fingerprint density at radius 3 is 2.43 bits per heavy atom. The van der Waals surface area contributed by atoms with Crippen molar-refractivity contribution in [3.63, 3.8) is 0 Å². The molecule has 9 nitrogen and oxygen atoms in total. The van der Waals surface area contributed by atoms with Crippen LogP contribution in [0.1, 0.15) is 79.8 Å². The second-order valence-electron chi connectivity index (χ2n) is 12.2. The number of anilines is 1. The maximum Gasteiger partial charge on any atom is 0.268 e. The number of ether oxygens (including phenoxy) is 3. The number of sulfonamides is 1. The van der Waals surface area contributed by atoms with Crippen molar-refractivity contribution in [2.45, 2.75) is 75.8 Å². The normalized spacial score (nSPS) is 23.6. The molecule has 3 aromatic rings. The first-order valence-electron chi connectivity index (χ1n) is 14.0. The van der Waals surface area contributed by atoms with Gasteiger partial charge in [0.25, 0.3) is 21.8 Å². The summed E-state index contributed by atoms with van der Waals surface area (Å²) in [5.74, 6) is -0.240. The summed E-state index contributed by atoms with van der Waals surface area (Å²) in [6, 6.07) is 17.8. The van der Waals surface area contributed by atoms with Crippen LogP contribution in [0.4, 0.5) is 5.69 Å². The highest BCUT2D eigenvalue weighted by atomic mass is 32.2. The number of carbonyl (C=O) groups excluding carboxylic acids is 2. The summed E-state index contributed by atoms with van der Waals surface area (Å²) in [7, 11) is -4.29. The fourth-order valence-electron chi connectivity index (χ4n) is 6.07. The number of rotatable bonds is 4. The highest BCUT2D eigenvalue weighted by molar-refractivity contribution is 7.90. The maximum absolute atomic E-state index is 13.4. The topological polar surface area (TPSA) is 120 Å². The Morgan fingerprint density at radius 1 is 0.952 bits per heavy atom. The lowest BCUT2D eigenvalue weighted by atomic mass is 9.74. The second kappa shape index (κ2) is 9.84. The first kappa shape index (κ1) is 28.2. The van der Waals surface area contributed by atoms with Gasteiger partial charge in [-0.3, -0.25) is 9.59 Å². The van der Waals surface area contributed by atoms with Gasteiger partial charge in [-0.05, 0) is 82.9 Å². The molecule has 3 aliphatic rings. The van der Waals surface area contributed by atoms with Gasteiger partial charge < -0.3 is 19.5 Å². The summed E-state index contributed by atoms with van der Waals surface area (Å²) in [6.07, 6.45) is 1.29. The molecule has 3 heterocycles. The predicted octanol–water partition coefficient (Wildman–Crippen LogP) is 5.60. The molecule has 6 rings (SSSR count). The van der Waals surface area contributed by atoms with E-state index in [4.69, 9.17) is 14.2 Å². The average molecular weight is 591 g/mol. The summed E-state index contributed by atoms with van der Waals surface area (Å²) in [6.45, 7) is 8.86. The van der Waals surface area contributed by atoms with Gasteiger partial charge in [-0.1, -0.05) is 30.3 Å². The molecule has 10 heteroatoms. The van der Waals surface area contributed by atoms with Crippen LogP contribution >= 0.6 is 0 Å². The number of amides is 2. The molecule has 2 amide bonds. The molecule has 0 unspecified atom stereocenters. The molecule has 1 saturated heterocycles. The van der Waals surface area contributed by atoms with E-state index in [9.17, 15) is 18.0 Å². The zero-order chi connectivity index (χ0) is 30.0. The zero-order valence-corrected chi connectivity index (χ0v) is 25.0. The number of fused-ring (bicyclic) bond motifs is 4. The third kappa shape index (κ3) is 4.92. The van der Waals surface area contributed by atoms with Gasteiger partial charge in [-0.25, -0.2) is 13.1 Å². The van der Waals surface area contributed by atoms with Crippen LogP contribution in [0.15, 0.2) is 65.6 Å². The first-order valence-corrected chi connectivity index (χ1v) is 15.5. The van der Waals surface area contributed by atoms with Gasteiger partial charge in [-0.15, -0.1) is 0 Å². The highest BCUT2D eigenvalue weighted by Gasteiger charge is 2.48. The van der Waals surface area contributed by atoms with Crippen molar-refractivity contribution in [3.05, 3.63) is 82.9 Å². The molecule has 3 atom stereocenters. The minimum Gasteiger partial charge on any atom is -0.487 e. The molecule has 2 N–H and O–H groups in total. The smallest absolute Gasteiger partial charge is 0.268 e. The van der Waals surface area contributed by atoms with Crippen molar-refractivity contribution >= 4 is 27.5 Å². The quantitative estimate of drug-likeness (QED) is 0.406. The molecule has 0 spiro atoms. The molecule has 0 bridgehead atoms. The van der Waals surface area contributed by atoms with Crippen molar-refractivity contribution in [1.29, 1.82) is 0 Å². The van der Waals surface area contributed by atoms with E-state index < -0.39 is 27.1 Å². The van der Waals surface area contributed by atoms with E-state index in [0.29, 0.717) is 17.0 Å². The van der Waals surface area contributed by atoms with Crippen molar-refractivity contribution in [3.8, 4) is 11.5 Å². The van der Waals surface area contributed by atoms with E-state index in [1.54, 1.807) is 39.0 Å². The van der Waals surface area contributed by atoms with E-state index in [1.807, 2.05) is 44.2 Å². The molecule has 1 fully saturated rings. The molecular weight excluding hydrogens is 556 g/mol. The summed E-state index contributed by atoms with van der Waals surface area (Å²) in [5, 5.41) is 2.74. The summed E-state index contributed by atoms with van der Waals surface area (Å²) >= 11 is 0. The van der Waals surface area contributed by atoms with Crippen LogP contribution < -0.4 is 19.5 Å². The minimum absolute atomic E-state index is 0.0508. The lowest BCUT2D eigenvalue weighted by Crippen LogP contribution is -2.47. The van der Waals surface area contributed by atoms with Crippen molar-refractivity contribution in [2.75, 3.05) is 5.32 Å². The van der Waals surface area contributed by atoms with Crippen LogP contribution in [-0.4, -0.2) is 31.4 Å². The Hall–Kier alpha value is -3.89. The zero-order valence-electron chi connectivity index (χ0n) is 24.2. The van der Waals surface area contributed by atoms with Gasteiger partial charge in [0, 0.05) is 23.1 Å². The van der Waals surface area contributed by atoms with Crippen LogP contribution in [0.2, 0.25) is 0 Å². The number of hydrogen-bond acceptors (Lipinski definition) is 7. The van der Waals surface area contributed by atoms with Gasteiger partial charge >= 0.3 is 0 Å². The largest absolute Gasteiger partial charge is 0.487 e. The van der Waals surface area contributed by atoms with Gasteiger partial charge in [0.1, 0.15) is 17.1 Å². The van der Waals surface area contributed by atoms with E-state index in [0.717, 1.165) is 24.0 Å². The predicted molar refractivity (Wildman–Crippen MR) is 156 cm³/mol. The Kier molecular flexibility index (Phi) is 6.62. The number of nitrogens with one attached hydrogen (secondary N) is 2. The molecule has 0 aliphatic carbocycles. The third-order valence-corrected chi connectivity index (χ3v) is 9.86. The maximum atomic E-state index is 13.4. The van der Waals surface area contributed by atoms with Crippen LogP contribution in [-0.2, 0) is 19.6 Å². The average Bonchev–Trinajstić information content (AvgIpc) is 2.93. The first-order chi connectivity index (χ1) is 19.7.